The first kappa shape index (κ1) is 15.8. The van der Waals surface area contributed by atoms with Gasteiger partial charge in [0.1, 0.15) is 5.75 Å². The Morgan fingerprint density at radius 3 is 2.71 bits per heavy atom. The van der Waals surface area contributed by atoms with Crippen molar-refractivity contribution in [3.8, 4) is 11.6 Å². The van der Waals surface area contributed by atoms with Crippen LogP contribution in [0.2, 0.25) is 5.02 Å². The van der Waals surface area contributed by atoms with E-state index in [2.05, 4.69) is 37.1 Å². The molecule has 0 saturated carbocycles. The van der Waals surface area contributed by atoms with Crippen LogP contribution in [0.3, 0.4) is 0 Å². The summed E-state index contributed by atoms with van der Waals surface area (Å²) >= 11 is 5.98. The van der Waals surface area contributed by atoms with Crippen molar-refractivity contribution in [2.75, 3.05) is 6.54 Å². The molecule has 1 aromatic heterocycles. The Hall–Kier alpha value is -1.58. The fourth-order valence-electron chi connectivity index (χ4n) is 1.95. The quantitative estimate of drug-likeness (QED) is 0.835. The average Bonchev–Trinajstić information content (AvgIpc) is 2.45. The molecular formula is C17H21ClN2O. The predicted molar refractivity (Wildman–Crippen MR) is 87.2 cm³/mol. The maximum atomic E-state index is 5.98. The van der Waals surface area contributed by atoms with Crippen LogP contribution >= 0.6 is 11.6 Å². The Morgan fingerprint density at radius 2 is 2.05 bits per heavy atom. The third-order valence-electron chi connectivity index (χ3n) is 3.07. The molecule has 0 fully saturated rings. The van der Waals surface area contributed by atoms with Crippen molar-refractivity contribution in [3.63, 3.8) is 0 Å². The number of nitrogens with one attached hydrogen (secondary N) is 1. The van der Waals surface area contributed by atoms with E-state index in [0.29, 0.717) is 22.6 Å². The lowest BCUT2D eigenvalue weighted by molar-refractivity contribution is 0.458. The summed E-state index contributed by atoms with van der Waals surface area (Å²) in [6, 6.07) is 11.4. The minimum absolute atomic E-state index is 0.355. The summed E-state index contributed by atoms with van der Waals surface area (Å²) in [4.78, 5) is 4.57. The summed E-state index contributed by atoms with van der Waals surface area (Å²) in [5, 5.41) is 3.98. The SMILES string of the molecule is CCNCc1cc(Oc2cccc(Cl)c2)nc(C(C)C)c1. The molecular weight excluding hydrogens is 284 g/mol. The van der Waals surface area contributed by atoms with Gasteiger partial charge in [0, 0.05) is 23.3 Å². The second kappa shape index (κ2) is 7.43. The Labute approximate surface area is 131 Å². The highest BCUT2D eigenvalue weighted by Crippen LogP contribution is 2.25. The van der Waals surface area contributed by atoms with E-state index in [-0.39, 0.29) is 0 Å². The summed E-state index contributed by atoms with van der Waals surface area (Å²) in [6.07, 6.45) is 0. The molecule has 0 unspecified atom stereocenters. The first-order valence-electron chi connectivity index (χ1n) is 7.23. The van der Waals surface area contributed by atoms with E-state index in [1.165, 1.54) is 5.56 Å². The minimum Gasteiger partial charge on any atom is -0.439 e. The Kier molecular flexibility index (Phi) is 5.59. The molecule has 3 nitrogen and oxygen atoms in total. The first-order chi connectivity index (χ1) is 10.1. The van der Waals surface area contributed by atoms with Crippen molar-refractivity contribution in [3.05, 3.63) is 52.7 Å². The molecule has 2 rings (SSSR count). The Morgan fingerprint density at radius 1 is 1.24 bits per heavy atom. The number of pyridine rings is 1. The molecule has 0 amide bonds. The lowest BCUT2D eigenvalue weighted by Crippen LogP contribution is -2.12. The van der Waals surface area contributed by atoms with Crippen molar-refractivity contribution in [2.45, 2.75) is 33.2 Å². The van der Waals surface area contributed by atoms with Crippen LogP contribution in [0.15, 0.2) is 36.4 Å². The number of rotatable bonds is 6. The molecule has 0 bridgehead atoms. The molecule has 0 spiro atoms. The number of hydrogen-bond donors (Lipinski definition) is 1. The van der Waals surface area contributed by atoms with Gasteiger partial charge in [0.25, 0.3) is 0 Å². The molecule has 112 valence electrons. The fourth-order valence-corrected chi connectivity index (χ4v) is 2.13. The lowest BCUT2D eigenvalue weighted by Gasteiger charge is -2.12. The third kappa shape index (κ3) is 4.73. The molecule has 4 heteroatoms. The van der Waals surface area contributed by atoms with Crippen LogP contribution in [-0.2, 0) is 6.54 Å². The van der Waals surface area contributed by atoms with Gasteiger partial charge in [-0.3, -0.25) is 0 Å². The Bertz CT molecular complexity index is 599. The largest absolute Gasteiger partial charge is 0.439 e. The second-order valence-corrected chi connectivity index (χ2v) is 5.67. The molecule has 21 heavy (non-hydrogen) atoms. The highest BCUT2D eigenvalue weighted by atomic mass is 35.5. The molecule has 0 radical (unpaired) electrons. The van der Waals surface area contributed by atoms with E-state index < -0.39 is 0 Å². The molecule has 0 aliphatic rings. The number of ether oxygens (including phenoxy) is 1. The van der Waals surface area contributed by atoms with Gasteiger partial charge < -0.3 is 10.1 Å². The van der Waals surface area contributed by atoms with Crippen LogP contribution in [0.5, 0.6) is 11.6 Å². The van der Waals surface area contributed by atoms with Gasteiger partial charge >= 0.3 is 0 Å². The van der Waals surface area contributed by atoms with Crippen molar-refractivity contribution >= 4 is 11.6 Å². The number of halogens is 1. The van der Waals surface area contributed by atoms with Crippen molar-refractivity contribution in [1.82, 2.24) is 10.3 Å². The number of benzene rings is 1. The van der Waals surface area contributed by atoms with Crippen LogP contribution in [0.4, 0.5) is 0 Å². The van der Waals surface area contributed by atoms with Crippen LogP contribution < -0.4 is 10.1 Å². The monoisotopic (exact) mass is 304 g/mol. The van der Waals surface area contributed by atoms with Crippen LogP contribution in [-0.4, -0.2) is 11.5 Å². The van der Waals surface area contributed by atoms with E-state index in [9.17, 15) is 0 Å². The summed E-state index contributed by atoms with van der Waals surface area (Å²) in [6.45, 7) is 8.09. The smallest absolute Gasteiger partial charge is 0.219 e. The van der Waals surface area contributed by atoms with E-state index >= 15 is 0 Å². The topological polar surface area (TPSA) is 34.1 Å². The van der Waals surface area contributed by atoms with Gasteiger partial charge in [-0.2, -0.15) is 0 Å². The zero-order valence-corrected chi connectivity index (χ0v) is 13.4. The van der Waals surface area contributed by atoms with Crippen LogP contribution in [0.1, 0.15) is 37.9 Å². The van der Waals surface area contributed by atoms with Gasteiger partial charge in [-0.05, 0) is 42.3 Å². The van der Waals surface area contributed by atoms with Gasteiger partial charge in [0.15, 0.2) is 0 Å². The predicted octanol–water partition coefficient (Wildman–Crippen LogP) is 4.76. The molecule has 0 aliphatic carbocycles. The average molecular weight is 305 g/mol. The van der Waals surface area contributed by atoms with E-state index in [0.717, 1.165) is 18.8 Å². The zero-order chi connectivity index (χ0) is 15.2. The number of hydrogen-bond acceptors (Lipinski definition) is 3. The highest BCUT2D eigenvalue weighted by Gasteiger charge is 2.08. The minimum atomic E-state index is 0.355. The molecule has 1 aromatic carbocycles. The van der Waals surface area contributed by atoms with E-state index in [1.807, 2.05) is 24.3 Å². The zero-order valence-electron chi connectivity index (χ0n) is 12.7. The summed E-state index contributed by atoms with van der Waals surface area (Å²) in [5.74, 6) is 1.66. The molecule has 1 heterocycles. The van der Waals surface area contributed by atoms with Crippen molar-refractivity contribution < 1.29 is 4.74 Å². The highest BCUT2D eigenvalue weighted by molar-refractivity contribution is 6.30. The normalized spacial score (nSPS) is 10.9. The maximum absolute atomic E-state index is 5.98. The molecule has 0 atom stereocenters. The van der Waals surface area contributed by atoms with E-state index in [1.54, 1.807) is 6.07 Å². The van der Waals surface area contributed by atoms with Gasteiger partial charge in [-0.15, -0.1) is 0 Å². The second-order valence-electron chi connectivity index (χ2n) is 5.23. The fraction of sp³-hybridized carbons (Fsp3) is 0.353. The molecule has 0 aliphatic heterocycles. The van der Waals surface area contributed by atoms with Crippen LogP contribution in [0.25, 0.3) is 0 Å². The Balaban J connectivity index is 2.26. The first-order valence-corrected chi connectivity index (χ1v) is 7.61. The van der Waals surface area contributed by atoms with Crippen LogP contribution in [0, 0.1) is 0 Å². The summed E-state index contributed by atoms with van der Waals surface area (Å²) in [7, 11) is 0. The van der Waals surface area contributed by atoms with Gasteiger partial charge in [0.05, 0.1) is 0 Å². The molecule has 2 aromatic rings. The molecule has 0 saturated heterocycles. The lowest BCUT2D eigenvalue weighted by atomic mass is 10.1. The number of nitrogens with zero attached hydrogens (tertiary/aromatic N) is 1. The molecule has 1 N–H and O–H groups in total. The van der Waals surface area contributed by atoms with Crippen molar-refractivity contribution in [1.29, 1.82) is 0 Å². The maximum Gasteiger partial charge on any atom is 0.219 e. The van der Waals surface area contributed by atoms with Crippen molar-refractivity contribution in [2.24, 2.45) is 0 Å². The summed E-state index contributed by atoms with van der Waals surface area (Å²) in [5.41, 5.74) is 2.20. The standard InChI is InChI=1S/C17H21ClN2O/c1-4-19-11-13-8-16(12(2)3)20-17(9-13)21-15-7-5-6-14(18)10-15/h5-10,12,19H,4,11H2,1-3H3. The van der Waals surface area contributed by atoms with Gasteiger partial charge in [0.2, 0.25) is 5.88 Å². The van der Waals surface area contributed by atoms with E-state index in [4.69, 9.17) is 16.3 Å². The number of aromatic nitrogens is 1. The van der Waals surface area contributed by atoms with Gasteiger partial charge in [-0.25, -0.2) is 4.98 Å². The third-order valence-corrected chi connectivity index (χ3v) is 3.31. The summed E-state index contributed by atoms with van der Waals surface area (Å²) < 4.78 is 5.85. The van der Waals surface area contributed by atoms with Gasteiger partial charge in [-0.1, -0.05) is 38.4 Å².